The molecule has 2 aromatic rings. The normalized spacial score (nSPS) is 21.3. The molecule has 23 heavy (non-hydrogen) atoms. The number of urea groups is 1. The highest BCUT2D eigenvalue weighted by Gasteiger charge is 2.35. The molecule has 7 nitrogen and oxygen atoms in total. The van der Waals surface area contributed by atoms with Gasteiger partial charge in [-0.1, -0.05) is 12.1 Å². The summed E-state index contributed by atoms with van der Waals surface area (Å²) in [6, 6.07) is 7.99. The SMILES string of the molecule is N#CN1CCC(NC(=O)N2CC(c3nc4ccccc4[nH]3)C2)C1. The van der Waals surface area contributed by atoms with E-state index >= 15 is 0 Å². The largest absolute Gasteiger partial charge is 0.342 e. The zero-order valence-electron chi connectivity index (χ0n) is 12.7. The van der Waals surface area contributed by atoms with Gasteiger partial charge in [0.1, 0.15) is 5.82 Å². The summed E-state index contributed by atoms with van der Waals surface area (Å²) in [6.07, 6.45) is 2.96. The van der Waals surface area contributed by atoms with Crippen LogP contribution in [0.4, 0.5) is 4.79 Å². The van der Waals surface area contributed by atoms with Gasteiger partial charge in [-0.2, -0.15) is 5.26 Å². The number of nitrogens with zero attached hydrogens (tertiary/aromatic N) is 4. The van der Waals surface area contributed by atoms with Gasteiger partial charge in [-0.25, -0.2) is 9.78 Å². The van der Waals surface area contributed by atoms with Crippen molar-refractivity contribution in [3.8, 4) is 6.19 Å². The topological polar surface area (TPSA) is 88.1 Å². The molecule has 4 rings (SSSR count). The molecule has 3 heterocycles. The van der Waals surface area contributed by atoms with Crippen molar-refractivity contribution in [3.63, 3.8) is 0 Å². The van der Waals surface area contributed by atoms with Crippen molar-refractivity contribution >= 4 is 17.1 Å². The quantitative estimate of drug-likeness (QED) is 0.817. The molecule has 0 spiro atoms. The maximum absolute atomic E-state index is 12.2. The van der Waals surface area contributed by atoms with Gasteiger partial charge in [-0.05, 0) is 18.6 Å². The lowest BCUT2D eigenvalue weighted by atomic mass is 10.00. The molecular weight excluding hydrogens is 292 g/mol. The number of hydrogen-bond acceptors (Lipinski definition) is 4. The second kappa shape index (κ2) is 5.47. The maximum Gasteiger partial charge on any atom is 0.317 e. The first-order valence-electron chi connectivity index (χ1n) is 7.87. The van der Waals surface area contributed by atoms with E-state index in [2.05, 4.69) is 21.5 Å². The zero-order valence-corrected chi connectivity index (χ0v) is 12.7. The minimum atomic E-state index is -0.0397. The van der Waals surface area contributed by atoms with Gasteiger partial charge in [0.15, 0.2) is 6.19 Å². The van der Waals surface area contributed by atoms with Crippen LogP contribution in [0.2, 0.25) is 0 Å². The molecule has 2 saturated heterocycles. The summed E-state index contributed by atoms with van der Waals surface area (Å²) in [6.45, 7) is 2.70. The summed E-state index contributed by atoms with van der Waals surface area (Å²) in [5.41, 5.74) is 2.00. The maximum atomic E-state index is 12.2. The van der Waals surface area contributed by atoms with Crippen molar-refractivity contribution in [2.24, 2.45) is 0 Å². The van der Waals surface area contributed by atoms with Crippen LogP contribution >= 0.6 is 0 Å². The monoisotopic (exact) mass is 310 g/mol. The number of hydrogen-bond donors (Lipinski definition) is 2. The Balaban J connectivity index is 1.32. The lowest BCUT2D eigenvalue weighted by Gasteiger charge is -2.38. The number of fused-ring (bicyclic) bond motifs is 1. The average molecular weight is 310 g/mol. The van der Waals surface area contributed by atoms with Gasteiger partial charge >= 0.3 is 6.03 Å². The average Bonchev–Trinajstić information content (AvgIpc) is 3.11. The van der Waals surface area contributed by atoms with Crippen LogP contribution in [0.5, 0.6) is 0 Å². The fourth-order valence-electron chi connectivity index (χ4n) is 3.22. The Kier molecular flexibility index (Phi) is 3.30. The zero-order chi connectivity index (χ0) is 15.8. The van der Waals surface area contributed by atoms with E-state index in [4.69, 9.17) is 5.26 Å². The standard InChI is InChI=1S/C16H18N6O/c17-10-21-6-5-12(9-21)18-16(23)22-7-11(8-22)15-19-13-3-1-2-4-14(13)20-15/h1-4,11-12H,5-9H2,(H,18,23)(H,19,20). The smallest absolute Gasteiger partial charge is 0.317 e. The van der Waals surface area contributed by atoms with Crippen LogP contribution in [0.3, 0.4) is 0 Å². The first-order chi connectivity index (χ1) is 11.2. The van der Waals surface area contributed by atoms with Gasteiger partial charge in [0.2, 0.25) is 0 Å². The molecule has 2 N–H and O–H groups in total. The number of H-pyrrole nitrogens is 1. The molecule has 2 amide bonds. The molecule has 0 aliphatic carbocycles. The first kappa shape index (κ1) is 13.9. The van der Waals surface area contributed by atoms with Crippen molar-refractivity contribution in [3.05, 3.63) is 30.1 Å². The first-order valence-corrected chi connectivity index (χ1v) is 7.87. The number of carbonyl (C=O) groups excluding carboxylic acids is 1. The Labute approximate surface area is 133 Å². The minimum absolute atomic E-state index is 0.0397. The molecule has 2 fully saturated rings. The summed E-state index contributed by atoms with van der Waals surface area (Å²) < 4.78 is 0. The van der Waals surface area contributed by atoms with Gasteiger partial charge in [0.05, 0.1) is 23.0 Å². The van der Waals surface area contributed by atoms with Crippen LogP contribution < -0.4 is 5.32 Å². The van der Waals surface area contributed by atoms with Crippen molar-refractivity contribution < 1.29 is 4.79 Å². The Morgan fingerprint density at radius 1 is 1.35 bits per heavy atom. The number of rotatable bonds is 2. The molecule has 0 bridgehead atoms. The summed E-state index contributed by atoms with van der Waals surface area (Å²) >= 11 is 0. The molecule has 0 saturated carbocycles. The van der Waals surface area contributed by atoms with Gasteiger partial charge in [0.25, 0.3) is 0 Å². The van der Waals surface area contributed by atoms with Gasteiger partial charge in [-0.3, -0.25) is 0 Å². The second-order valence-corrected chi connectivity index (χ2v) is 6.22. The predicted molar refractivity (Wildman–Crippen MR) is 84.5 cm³/mol. The number of aromatic amines is 1. The highest BCUT2D eigenvalue weighted by Crippen LogP contribution is 2.26. The third-order valence-electron chi connectivity index (χ3n) is 4.62. The van der Waals surface area contributed by atoms with E-state index in [0.29, 0.717) is 19.6 Å². The molecule has 2 aliphatic rings. The number of amides is 2. The molecule has 1 aromatic heterocycles. The highest BCUT2D eigenvalue weighted by atomic mass is 16.2. The Hall–Kier alpha value is -2.75. The van der Waals surface area contributed by atoms with E-state index in [1.807, 2.05) is 24.3 Å². The van der Waals surface area contributed by atoms with E-state index in [0.717, 1.165) is 29.8 Å². The number of benzene rings is 1. The Morgan fingerprint density at radius 3 is 2.91 bits per heavy atom. The minimum Gasteiger partial charge on any atom is -0.342 e. The number of nitriles is 1. The molecular formula is C16H18N6O. The third kappa shape index (κ3) is 2.57. The third-order valence-corrected chi connectivity index (χ3v) is 4.62. The van der Waals surface area contributed by atoms with Gasteiger partial charge < -0.3 is 20.1 Å². The lowest BCUT2D eigenvalue weighted by Crippen LogP contribution is -2.55. The van der Waals surface area contributed by atoms with E-state index in [1.54, 1.807) is 9.80 Å². The molecule has 0 radical (unpaired) electrons. The van der Waals surface area contributed by atoms with E-state index < -0.39 is 0 Å². The molecule has 1 unspecified atom stereocenters. The fraction of sp³-hybridized carbons (Fsp3) is 0.438. The molecule has 1 atom stereocenters. The second-order valence-electron chi connectivity index (χ2n) is 6.22. The Morgan fingerprint density at radius 2 is 2.17 bits per heavy atom. The van der Waals surface area contributed by atoms with Crippen molar-refractivity contribution in [1.82, 2.24) is 25.1 Å². The predicted octanol–water partition coefficient (Wildman–Crippen LogP) is 1.23. The van der Waals surface area contributed by atoms with Crippen LogP contribution in [-0.2, 0) is 0 Å². The summed E-state index contributed by atoms with van der Waals surface area (Å²) in [5, 5.41) is 11.9. The Bertz CT molecular complexity index is 739. The molecule has 118 valence electrons. The highest BCUT2D eigenvalue weighted by molar-refractivity contribution is 5.77. The van der Waals surface area contributed by atoms with E-state index in [9.17, 15) is 4.79 Å². The molecule has 7 heteroatoms. The van der Waals surface area contributed by atoms with Crippen molar-refractivity contribution in [1.29, 1.82) is 5.26 Å². The van der Waals surface area contributed by atoms with Gasteiger partial charge in [-0.15, -0.1) is 0 Å². The number of para-hydroxylation sites is 2. The summed E-state index contributed by atoms with van der Waals surface area (Å²) in [7, 11) is 0. The van der Waals surface area contributed by atoms with Crippen molar-refractivity contribution in [2.75, 3.05) is 26.2 Å². The summed E-state index contributed by atoms with van der Waals surface area (Å²) in [4.78, 5) is 23.6. The van der Waals surface area contributed by atoms with Crippen LogP contribution in [0, 0.1) is 11.5 Å². The number of likely N-dealkylation sites (tertiary alicyclic amines) is 2. The number of aromatic nitrogens is 2. The lowest BCUT2D eigenvalue weighted by molar-refractivity contribution is 0.146. The number of nitrogens with one attached hydrogen (secondary N) is 2. The van der Waals surface area contributed by atoms with E-state index in [-0.39, 0.29) is 18.0 Å². The van der Waals surface area contributed by atoms with Gasteiger partial charge in [0, 0.05) is 26.2 Å². The summed E-state index contributed by atoms with van der Waals surface area (Å²) in [5.74, 6) is 1.22. The van der Waals surface area contributed by atoms with E-state index in [1.165, 1.54) is 0 Å². The van der Waals surface area contributed by atoms with Crippen LogP contribution in [0.1, 0.15) is 18.2 Å². The fourth-order valence-corrected chi connectivity index (χ4v) is 3.22. The van der Waals surface area contributed by atoms with Crippen molar-refractivity contribution in [2.45, 2.75) is 18.4 Å². The molecule has 2 aliphatic heterocycles. The number of imidazole rings is 1. The van der Waals surface area contributed by atoms with Crippen LogP contribution in [0.25, 0.3) is 11.0 Å². The molecule has 1 aromatic carbocycles. The number of carbonyl (C=O) groups is 1. The van der Waals surface area contributed by atoms with Crippen LogP contribution in [0.15, 0.2) is 24.3 Å². The van der Waals surface area contributed by atoms with Crippen LogP contribution in [-0.4, -0.2) is 58.0 Å².